The third-order valence-electron chi connectivity index (χ3n) is 3.92. The number of carbonyl (C=O) groups excluding carboxylic acids is 1. The van der Waals surface area contributed by atoms with Gasteiger partial charge in [0.05, 0.1) is 18.7 Å². The first-order valence-electron chi connectivity index (χ1n) is 7.89. The number of halogens is 2. The maximum atomic E-state index is 13.6. The zero-order chi connectivity index (χ0) is 16.9. The van der Waals surface area contributed by atoms with Gasteiger partial charge in [-0.25, -0.2) is 18.7 Å². The largest absolute Gasteiger partial charge is 0.350 e. The van der Waals surface area contributed by atoms with Gasteiger partial charge in [-0.3, -0.25) is 4.79 Å². The number of nitrogens with zero attached hydrogens (tertiary/aromatic N) is 3. The summed E-state index contributed by atoms with van der Waals surface area (Å²) in [6.07, 6.45) is 3.79. The maximum Gasteiger partial charge on any atom is 0.225 e. The molecule has 1 aromatic heterocycles. The van der Waals surface area contributed by atoms with Crippen molar-refractivity contribution in [1.29, 1.82) is 0 Å². The van der Waals surface area contributed by atoms with Crippen molar-refractivity contribution < 1.29 is 13.6 Å². The average molecular weight is 332 g/mol. The molecule has 1 aliphatic rings. The van der Waals surface area contributed by atoms with Crippen molar-refractivity contribution in [2.75, 3.05) is 18.0 Å². The van der Waals surface area contributed by atoms with Gasteiger partial charge >= 0.3 is 0 Å². The molecule has 1 aromatic carbocycles. The molecule has 2 heterocycles. The molecule has 5 nitrogen and oxygen atoms in total. The van der Waals surface area contributed by atoms with E-state index >= 15 is 0 Å². The van der Waals surface area contributed by atoms with Crippen molar-refractivity contribution in [3.8, 4) is 0 Å². The highest BCUT2D eigenvalue weighted by molar-refractivity contribution is 5.78. The minimum Gasteiger partial charge on any atom is -0.350 e. The van der Waals surface area contributed by atoms with Crippen LogP contribution in [0.1, 0.15) is 24.1 Å². The van der Waals surface area contributed by atoms with Crippen LogP contribution >= 0.6 is 0 Å². The van der Waals surface area contributed by atoms with Crippen LogP contribution in [0.25, 0.3) is 0 Å². The Hall–Kier alpha value is -2.57. The number of anilines is 1. The van der Waals surface area contributed by atoms with E-state index in [0.29, 0.717) is 11.6 Å². The summed E-state index contributed by atoms with van der Waals surface area (Å²) >= 11 is 0. The van der Waals surface area contributed by atoms with Gasteiger partial charge in [0.2, 0.25) is 11.9 Å². The SMILES string of the molecule is O=C(Cc1ccc(F)cc1F)NCc1ccnc(N2CCCC2)n1. The molecule has 7 heteroatoms. The lowest BCUT2D eigenvalue weighted by molar-refractivity contribution is -0.120. The number of carbonyl (C=O) groups is 1. The van der Waals surface area contributed by atoms with E-state index in [9.17, 15) is 13.6 Å². The van der Waals surface area contributed by atoms with Crippen LogP contribution in [0.4, 0.5) is 14.7 Å². The molecular weight excluding hydrogens is 314 g/mol. The van der Waals surface area contributed by atoms with Crippen LogP contribution in [-0.2, 0) is 17.8 Å². The second-order valence-corrected chi connectivity index (χ2v) is 5.73. The number of aromatic nitrogens is 2. The predicted molar refractivity (Wildman–Crippen MR) is 85.4 cm³/mol. The normalized spacial score (nSPS) is 14.0. The van der Waals surface area contributed by atoms with Crippen molar-refractivity contribution >= 4 is 11.9 Å². The van der Waals surface area contributed by atoms with Gasteiger partial charge in [-0.15, -0.1) is 0 Å². The van der Waals surface area contributed by atoms with Crippen LogP contribution in [0.2, 0.25) is 0 Å². The van der Waals surface area contributed by atoms with Gasteiger partial charge in [-0.2, -0.15) is 0 Å². The molecule has 0 atom stereocenters. The van der Waals surface area contributed by atoms with E-state index in [1.807, 2.05) is 0 Å². The Labute approximate surface area is 138 Å². The van der Waals surface area contributed by atoms with Gasteiger partial charge in [0.15, 0.2) is 0 Å². The van der Waals surface area contributed by atoms with Crippen LogP contribution in [-0.4, -0.2) is 29.0 Å². The van der Waals surface area contributed by atoms with Gasteiger partial charge in [0.1, 0.15) is 11.6 Å². The summed E-state index contributed by atoms with van der Waals surface area (Å²) in [6.45, 7) is 2.13. The highest BCUT2D eigenvalue weighted by atomic mass is 19.1. The lowest BCUT2D eigenvalue weighted by Crippen LogP contribution is -2.26. The van der Waals surface area contributed by atoms with E-state index in [-0.39, 0.29) is 24.4 Å². The number of nitrogens with one attached hydrogen (secondary N) is 1. The smallest absolute Gasteiger partial charge is 0.225 e. The monoisotopic (exact) mass is 332 g/mol. The van der Waals surface area contributed by atoms with Gasteiger partial charge in [0, 0.05) is 25.4 Å². The number of hydrogen-bond acceptors (Lipinski definition) is 4. The molecule has 1 fully saturated rings. The van der Waals surface area contributed by atoms with Gasteiger partial charge in [0.25, 0.3) is 0 Å². The Balaban J connectivity index is 1.57. The van der Waals surface area contributed by atoms with Crippen LogP contribution in [0, 0.1) is 11.6 Å². The molecule has 1 aliphatic heterocycles. The predicted octanol–water partition coefficient (Wildman–Crippen LogP) is 2.21. The first-order valence-corrected chi connectivity index (χ1v) is 7.89. The third kappa shape index (κ3) is 4.04. The standard InChI is InChI=1S/C17H18F2N4O/c18-13-4-3-12(15(19)10-13)9-16(24)21-11-14-5-6-20-17(22-14)23-7-1-2-8-23/h3-6,10H,1-2,7-9,11H2,(H,21,24). The van der Waals surface area contributed by atoms with Crippen molar-refractivity contribution in [2.24, 2.45) is 0 Å². The van der Waals surface area contributed by atoms with E-state index in [1.165, 1.54) is 6.07 Å². The molecule has 0 radical (unpaired) electrons. The number of amides is 1. The molecule has 1 amide bonds. The molecular formula is C17H18F2N4O. The second kappa shape index (κ2) is 7.33. The minimum atomic E-state index is -0.719. The van der Waals surface area contributed by atoms with Crippen LogP contribution in [0.15, 0.2) is 30.5 Å². The molecule has 0 aliphatic carbocycles. The maximum absolute atomic E-state index is 13.6. The van der Waals surface area contributed by atoms with E-state index in [4.69, 9.17) is 0 Å². The molecule has 0 bridgehead atoms. The summed E-state index contributed by atoms with van der Waals surface area (Å²) in [4.78, 5) is 22.7. The summed E-state index contributed by atoms with van der Waals surface area (Å²) in [6, 6.07) is 4.92. The third-order valence-corrected chi connectivity index (χ3v) is 3.92. The van der Waals surface area contributed by atoms with Crippen LogP contribution in [0.3, 0.4) is 0 Å². The van der Waals surface area contributed by atoms with Crippen molar-refractivity contribution in [3.05, 3.63) is 53.4 Å². The lowest BCUT2D eigenvalue weighted by atomic mass is 10.1. The van der Waals surface area contributed by atoms with Crippen LogP contribution in [0.5, 0.6) is 0 Å². The van der Waals surface area contributed by atoms with E-state index in [0.717, 1.165) is 38.1 Å². The molecule has 0 saturated carbocycles. The summed E-state index contributed by atoms with van der Waals surface area (Å²) in [5.41, 5.74) is 0.856. The Morgan fingerprint density at radius 1 is 1.21 bits per heavy atom. The second-order valence-electron chi connectivity index (χ2n) is 5.73. The average Bonchev–Trinajstić information content (AvgIpc) is 3.10. The molecule has 0 spiro atoms. The lowest BCUT2D eigenvalue weighted by Gasteiger charge is -2.15. The van der Waals surface area contributed by atoms with Gasteiger partial charge in [-0.05, 0) is 30.5 Å². The fraction of sp³-hybridized carbons (Fsp3) is 0.353. The molecule has 1 saturated heterocycles. The molecule has 0 unspecified atom stereocenters. The molecule has 1 N–H and O–H groups in total. The van der Waals surface area contributed by atoms with Crippen LogP contribution < -0.4 is 10.2 Å². The van der Waals surface area contributed by atoms with Gasteiger partial charge in [-0.1, -0.05) is 6.07 Å². The molecule has 126 valence electrons. The minimum absolute atomic E-state index is 0.143. The van der Waals surface area contributed by atoms with Crippen molar-refractivity contribution in [2.45, 2.75) is 25.8 Å². The quantitative estimate of drug-likeness (QED) is 0.912. The number of rotatable bonds is 5. The summed E-state index contributed by atoms with van der Waals surface area (Å²) in [5, 5.41) is 2.70. The Kier molecular flexibility index (Phi) is 4.98. The topological polar surface area (TPSA) is 58.1 Å². The fourth-order valence-corrected chi connectivity index (χ4v) is 2.64. The first kappa shape index (κ1) is 16.3. The number of benzene rings is 1. The molecule has 24 heavy (non-hydrogen) atoms. The Morgan fingerprint density at radius 2 is 2.00 bits per heavy atom. The summed E-state index contributed by atoms with van der Waals surface area (Å²) in [5.74, 6) is -1.05. The fourth-order valence-electron chi connectivity index (χ4n) is 2.64. The Bertz CT molecular complexity index is 732. The number of hydrogen-bond donors (Lipinski definition) is 1. The zero-order valence-corrected chi connectivity index (χ0v) is 13.1. The van der Waals surface area contributed by atoms with Gasteiger partial charge < -0.3 is 10.2 Å². The highest BCUT2D eigenvalue weighted by Crippen LogP contribution is 2.15. The van der Waals surface area contributed by atoms with E-state index < -0.39 is 11.6 Å². The summed E-state index contributed by atoms with van der Waals surface area (Å²) in [7, 11) is 0. The summed E-state index contributed by atoms with van der Waals surface area (Å²) < 4.78 is 26.4. The van der Waals surface area contributed by atoms with Crippen molar-refractivity contribution in [1.82, 2.24) is 15.3 Å². The Morgan fingerprint density at radius 3 is 2.75 bits per heavy atom. The zero-order valence-electron chi connectivity index (χ0n) is 13.1. The first-order chi connectivity index (χ1) is 11.6. The van der Waals surface area contributed by atoms with E-state index in [2.05, 4.69) is 20.2 Å². The van der Waals surface area contributed by atoms with E-state index in [1.54, 1.807) is 12.3 Å². The molecule has 3 rings (SSSR count). The molecule has 2 aromatic rings. The highest BCUT2D eigenvalue weighted by Gasteiger charge is 2.15. The van der Waals surface area contributed by atoms with Crippen molar-refractivity contribution in [3.63, 3.8) is 0 Å².